The van der Waals surface area contributed by atoms with Gasteiger partial charge in [0.2, 0.25) is 5.82 Å². The maximum atomic E-state index is 11.2. The predicted molar refractivity (Wildman–Crippen MR) is 154 cm³/mol. The number of aromatic nitrogens is 7. The van der Waals surface area contributed by atoms with Gasteiger partial charge in [0.1, 0.15) is 17.4 Å². The van der Waals surface area contributed by atoms with Crippen LogP contribution in [0.4, 0.5) is 0 Å². The third-order valence-electron chi connectivity index (χ3n) is 7.97. The number of hydrogen-bond donors (Lipinski definition) is 2. The lowest BCUT2D eigenvalue weighted by Crippen LogP contribution is -2.12. The van der Waals surface area contributed by atoms with Gasteiger partial charge in [0.15, 0.2) is 5.65 Å². The lowest BCUT2D eigenvalue weighted by molar-refractivity contribution is 0.215. The normalized spacial score (nSPS) is 15.4. The maximum Gasteiger partial charge on any atom is 0.205 e. The lowest BCUT2D eigenvalue weighted by atomic mass is 9.96. The van der Waals surface area contributed by atoms with Crippen LogP contribution in [0.5, 0.6) is 0 Å². The molecule has 3 heterocycles. The molecular formula is C32H29N7O. The zero-order valence-corrected chi connectivity index (χ0v) is 22.4. The van der Waals surface area contributed by atoms with E-state index in [1.54, 1.807) is 0 Å². The summed E-state index contributed by atoms with van der Waals surface area (Å²) in [5, 5.41) is 25.9. The average Bonchev–Trinajstić information content (AvgIpc) is 3.75. The van der Waals surface area contributed by atoms with Gasteiger partial charge in [0.05, 0.1) is 11.7 Å². The van der Waals surface area contributed by atoms with Gasteiger partial charge >= 0.3 is 0 Å². The molecule has 0 bridgehead atoms. The van der Waals surface area contributed by atoms with Gasteiger partial charge in [-0.1, -0.05) is 79.7 Å². The van der Waals surface area contributed by atoms with E-state index in [4.69, 9.17) is 9.97 Å². The minimum atomic E-state index is -0.796. The summed E-state index contributed by atoms with van der Waals surface area (Å²) < 4.78 is 2.31. The van der Waals surface area contributed by atoms with E-state index in [-0.39, 0.29) is 6.04 Å². The Hall–Kier alpha value is -4.69. The molecule has 3 aromatic heterocycles. The monoisotopic (exact) mass is 527 g/mol. The number of aliphatic hydroxyl groups excluding tert-OH is 1. The molecule has 40 heavy (non-hydrogen) atoms. The van der Waals surface area contributed by atoms with E-state index in [0.29, 0.717) is 11.5 Å². The summed E-state index contributed by atoms with van der Waals surface area (Å²) in [6.07, 6.45) is 1.94. The number of nitrogens with one attached hydrogen (secondary N) is 1. The van der Waals surface area contributed by atoms with E-state index < -0.39 is 6.10 Å². The second-order valence-corrected chi connectivity index (χ2v) is 10.4. The fourth-order valence-electron chi connectivity index (χ4n) is 6.04. The van der Waals surface area contributed by atoms with E-state index in [1.807, 2.05) is 54.6 Å². The number of tetrazole rings is 1. The van der Waals surface area contributed by atoms with E-state index in [1.165, 1.54) is 11.1 Å². The van der Waals surface area contributed by atoms with Gasteiger partial charge in [-0.3, -0.25) is 0 Å². The summed E-state index contributed by atoms with van der Waals surface area (Å²) >= 11 is 0. The lowest BCUT2D eigenvalue weighted by Gasteiger charge is -2.19. The van der Waals surface area contributed by atoms with Crippen molar-refractivity contribution in [2.24, 2.45) is 0 Å². The van der Waals surface area contributed by atoms with Crippen molar-refractivity contribution in [1.82, 2.24) is 35.2 Å². The molecule has 8 heteroatoms. The molecule has 1 aliphatic carbocycles. The highest BCUT2D eigenvalue weighted by Crippen LogP contribution is 2.41. The van der Waals surface area contributed by atoms with Crippen molar-refractivity contribution in [2.75, 3.05) is 0 Å². The molecular weight excluding hydrogens is 498 g/mol. The highest BCUT2D eigenvalue weighted by Gasteiger charge is 2.29. The van der Waals surface area contributed by atoms with E-state index in [2.05, 4.69) is 63.3 Å². The first-order valence-corrected chi connectivity index (χ1v) is 13.7. The van der Waals surface area contributed by atoms with Crippen molar-refractivity contribution >= 4 is 11.2 Å². The minimum absolute atomic E-state index is 0.132. The van der Waals surface area contributed by atoms with Crippen LogP contribution in [0.1, 0.15) is 59.3 Å². The number of fused-ring (bicyclic) bond motifs is 2. The molecule has 2 atom stereocenters. The second kappa shape index (κ2) is 9.81. The number of pyridine rings is 1. The summed E-state index contributed by atoms with van der Waals surface area (Å²) in [6, 6.07) is 26.7. The van der Waals surface area contributed by atoms with E-state index >= 15 is 0 Å². The molecule has 1 aliphatic rings. The Morgan fingerprint density at radius 3 is 2.55 bits per heavy atom. The van der Waals surface area contributed by atoms with Crippen LogP contribution in [0, 0.1) is 6.92 Å². The van der Waals surface area contributed by atoms with Crippen LogP contribution in [-0.2, 0) is 12.8 Å². The van der Waals surface area contributed by atoms with Gasteiger partial charge in [-0.2, -0.15) is 5.21 Å². The largest absolute Gasteiger partial charge is 0.382 e. The molecule has 3 aromatic carbocycles. The number of aryl methyl sites for hydroxylation is 3. The number of aromatic amines is 1. The van der Waals surface area contributed by atoms with Crippen molar-refractivity contribution in [3.05, 3.63) is 113 Å². The van der Waals surface area contributed by atoms with Gasteiger partial charge in [-0.25, -0.2) is 9.97 Å². The zero-order valence-electron chi connectivity index (χ0n) is 22.4. The van der Waals surface area contributed by atoms with E-state index in [9.17, 15) is 5.11 Å². The summed E-state index contributed by atoms with van der Waals surface area (Å²) in [7, 11) is 0. The van der Waals surface area contributed by atoms with Gasteiger partial charge in [-0.05, 0) is 64.4 Å². The molecule has 198 valence electrons. The molecule has 0 spiro atoms. The van der Waals surface area contributed by atoms with Crippen molar-refractivity contribution in [2.45, 2.75) is 45.3 Å². The quantitative estimate of drug-likeness (QED) is 0.285. The molecule has 6 aromatic rings. The first kappa shape index (κ1) is 24.4. The van der Waals surface area contributed by atoms with Crippen LogP contribution >= 0.6 is 0 Å². The highest BCUT2D eigenvalue weighted by atomic mass is 16.3. The Morgan fingerprint density at radius 2 is 1.77 bits per heavy atom. The molecule has 0 fully saturated rings. The summed E-state index contributed by atoms with van der Waals surface area (Å²) in [6.45, 7) is 4.19. The van der Waals surface area contributed by atoms with Crippen LogP contribution in [0.25, 0.3) is 33.7 Å². The van der Waals surface area contributed by atoms with Crippen molar-refractivity contribution in [3.63, 3.8) is 0 Å². The third kappa shape index (κ3) is 3.99. The molecule has 0 aliphatic heterocycles. The topological polar surface area (TPSA) is 105 Å². The zero-order chi connectivity index (χ0) is 27.2. The minimum Gasteiger partial charge on any atom is -0.382 e. The smallest absolute Gasteiger partial charge is 0.205 e. The molecule has 8 nitrogen and oxygen atoms in total. The highest BCUT2D eigenvalue weighted by molar-refractivity contribution is 5.81. The van der Waals surface area contributed by atoms with Crippen LogP contribution in [-0.4, -0.2) is 40.3 Å². The predicted octanol–water partition coefficient (Wildman–Crippen LogP) is 5.77. The standard InChI is InChI=1S/C32H29N7O/c1-3-28-34-29-19(2)17-26(30(40)20-9-5-4-6-10-20)33-32(29)39(28)27-16-14-22-18-21(13-15-24(22)27)23-11-7-8-12-25(23)31-35-37-38-36-31/h4-13,15,17-18,27,30,40H,3,14,16H2,1-2H3,(H,35,36,37,38)/t27-,30-/m0/s1. The summed E-state index contributed by atoms with van der Waals surface area (Å²) in [5.74, 6) is 1.60. The van der Waals surface area contributed by atoms with Crippen LogP contribution < -0.4 is 0 Å². The SMILES string of the molecule is CCc1nc2c(C)cc([C@@H](O)c3ccccc3)nc2n1[C@H]1CCc2cc(-c3ccccc3-c3nn[nH]n3)ccc21. The van der Waals surface area contributed by atoms with Crippen molar-refractivity contribution in [3.8, 4) is 22.5 Å². The average molecular weight is 528 g/mol. The number of nitrogens with zero attached hydrogens (tertiary/aromatic N) is 6. The van der Waals surface area contributed by atoms with Crippen molar-refractivity contribution < 1.29 is 5.11 Å². The molecule has 7 rings (SSSR count). The Kier molecular flexibility index (Phi) is 5.97. The van der Waals surface area contributed by atoms with E-state index in [0.717, 1.165) is 64.1 Å². The molecule has 0 saturated carbocycles. The van der Waals surface area contributed by atoms with Crippen LogP contribution in [0.2, 0.25) is 0 Å². The van der Waals surface area contributed by atoms with Gasteiger partial charge in [0, 0.05) is 12.0 Å². The number of benzene rings is 3. The van der Waals surface area contributed by atoms with Gasteiger partial charge in [-0.15, -0.1) is 10.2 Å². The van der Waals surface area contributed by atoms with Crippen molar-refractivity contribution in [1.29, 1.82) is 0 Å². The third-order valence-corrected chi connectivity index (χ3v) is 7.97. The first-order chi connectivity index (χ1) is 19.6. The molecule has 0 amide bonds. The number of imidazole rings is 1. The Morgan fingerprint density at radius 1 is 0.975 bits per heavy atom. The molecule has 0 saturated heterocycles. The Balaban J connectivity index is 1.31. The van der Waals surface area contributed by atoms with Crippen LogP contribution in [0.15, 0.2) is 78.9 Å². The molecule has 0 unspecified atom stereocenters. The molecule has 0 radical (unpaired) electrons. The van der Waals surface area contributed by atoms with Gasteiger partial charge < -0.3 is 9.67 Å². The maximum absolute atomic E-state index is 11.2. The fraction of sp³-hybridized carbons (Fsp3) is 0.219. The van der Waals surface area contributed by atoms with Crippen LogP contribution in [0.3, 0.4) is 0 Å². The molecule has 2 N–H and O–H groups in total. The number of H-pyrrole nitrogens is 1. The summed E-state index contributed by atoms with van der Waals surface area (Å²) in [5.41, 5.74) is 10.0. The Labute approximate surface area is 231 Å². The number of hydrogen-bond acceptors (Lipinski definition) is 6. The number of rotatable bonds is 6. The van der Waals surface area contributed by atoms with Gasteiger partial charge in [0.25, 0.3) is 0 Å². The Bertz CT molecular complexity index is 1830. The summed E-state index contributed by atoms with van der Waals surface area (Å²) in [4.78, 5) is 10.1. The fourth-order valence-corrected chi connectivity index (χ4v) is 6.04. The number of aliphatic hydroxyl groups is 1. The second-order valence-electron chi connectivity index (χ2n) is 10.4. The first-order valence-electron chi connectivity index (χ1n) is 13.7.